The molecule has 27 heavy (non-hydrogen) atoms. The number of nitrogens with one attached hydrogen (secondary N) is 2. The number of carbonyl (C=O) groups excluding carboxylic acids is 2. The van der Waals surface area contributed by atoms with Gasteiger partial charge in [-0.25, -0.2) is 4.79 Å². The molecule has 0 fully saturated rings. The van der Waals surface area contributed by atoms with E-state index in [1.807, 2.05) is 30.3 Å². The fourth-order valence-corrected chi connectivity index (χ4v) is 2.32. The molecule has 0 heterocycles. The summed E-state index contributed by atoms with van der Waals surface area (Å²) in [5, 5.41) is 23.0. The summed E-state index contributed by atoms with van der Waals surface area (Å²) >= 11 is 0. The smallest absolute Gasteiger partial charge is 0.407 e. The van der Waals surface area contributed by atoms with E-state index in [1.165, 1.54) is 0 Å². The molecule has 0 saturated heterocycles. The first-order valence-electron chi connectivity index (χ1n) is 9.08. The molecule has 0 aliphatic heterocycles. The van der Waals surface area contributed by atoms with Crippen LogP contribution in [-0.2, 0) is 20.9 Å². The van der Waals surface area contributed by atoms with Crippen LogP contribution in [0.2, 0.25) is 0 Å². The number of aliphatic hydroxyl groups is 1. The maximum absolute atomic E-state index is 11.6. The summed E-state index contributed by atoms with van der Waals surface area (Å²) < 4.78 is 5.10. The highest BCUT2D eigenvalue weighted by Crippen LogP contribution is 2.03. The third-order valence-corrected chi connectivity index (χ3v) is 3.76. The van der Waals surface area contributed by atoms with Crippen molar-refractivity contribution in [2.75, 3.05) is 13.1 Å². The Balaban J connectivity index is 1.94. The second-order valence-electron chi connectivity index (χ2n) is 6.21. The number of alkyl carbamates (subject to hydrolysis) is 1. The highest BCUT2D eigenvalue weighted by atomic mass is 16.5. The summed E-state index contributed by atoms with van der Waals surface area (Å²) in [7, 11) is 0. The monoisotopic (exact) mass is 380 g/mol. The van der Waals surface area contributed by atoms with E-state index in [9.17, 15) is 19.5 Å². The van der Waals surface area contributed by atoms with Crippen LogP contribution >= 0.6 is 0 Å². The number of amides is 2. The van der Waals surface area contributed by atoms with Gasteiger partial charge < -0.3 is 25.6 Å². The lowest BCUT2D eigenvalue weighted by Gasteiger charge is -2.09. The number of rotatable bonds is 13. The average molecular weight is 380 g/mol. The van der Waals surface area contributed by atoms with Crippen LogP contribution in [0.4, 0.5) is 4.79 Å². The summed E-state index contributed by atoms with van der Waals surface area (Å²) in [6.45, 7) is 0.699. The molecular formula is C19H28N2O6. The Bertz CT molecular complexity index is 579. The van der Waals surface area contributed by atoms with Gasteiger partial charge in [0.15, 0.2) is 0 Å². The maximum Gasteiger partial charge on any atom is 0.407 e. The SMILES string of the molecule is O=C(O)CC(O)CNC(=O)CCCCCCNC(=O)OCc1ccccc1. The number of unbranched alkanes of at least 4 members (excludes halogenated alkanes) is 3. The van der Waals surface area contributed by atoms with Crippen molar-refractivity contribution in [2.45, 2.75) is 51.2 Å². The predicted molar refractivity (Wildman–Crippen MR) is 99.0 cm³/mol. The molecular weight excluding hydrogens is 352 g/mol. The van der Waals surface area contributed by atoms with Crippen LogP contribution in [0.1, 0.15) is 44.1 Å². The lowest BCUT2D eigenvalue weighted by molar-refractivity contribution is -0.139. The predicted octanol–water partition coefficient (Wildman–Crippen LogP) is 1.82. The van der Waals surface area contributed by atoms with E-state index in [1.54, 1.807) is 0 Å². The van der Waals surface area contributed by atoms with Crippen molar-refractivity contribution in [2.24, 2.45) is 0 Å². The summed E-state index contributed by atoms with van der Waals surface area (Å²) in [5.41, 5.74) is 0.932. The van der Waals surface area contributed by atoms with Crippen LogP contribution in [0, 0.1) is 0 Å². The van der Waals surface area contributed by atoms with Gasteiger partial charge in [-0.3, -0.25) is 9.59 Å². The molecule has 8 nitrogen and oxygen atoms in total. The number of hydrogen-bond donors (Lipinski definition) is 4. The van der Waals surface area contributed by atoms with E-state index in [4.69, 9.17) is 9.84 Å². The second-order valence-corrected chi connectivity index (χ2v) is 6.21. The molecule has 0 radical (unpaired) electrons. The molecule has 1 aromatic carbocycles. The van der Waals surface area contributed by atoms with Gasteiger partial charge in [-0.15, -0.1) is 0 Å². The number of aliphatic carboxylic acids is 1. The number of benzene rings is 1. The van der Waals surface area contributed by atoms with Gasteiger partial charge in [-0.05, 0) is 18.4 Å². The third kappa shape index (κ3) is 12.4. The fraction of sp³-hybridized carbons (Fsp3) is 0.526. The molecule has 2 amide bonds. The van der Waals surface area contributed by atoms with Crippen LogP contribution < -0.4 is 10.6 Å². The zero-order chi connectivity index (χ0) is 19.9. The topological polar surface area (TPSA) is 125 Å². The highest BCUT2D eigenvalue weighted by Gasteiger charge is 2.10. The molecule has 1 unspecified atom stereocenters. The van der Waals surface area contributed by atoms with Crippen LogP contribution in [0.25, 0.3) is 0 Å². The van der Waals surface area contributed by atoms with Crippen molar-refractivity contribution in [3.63, 3.8) is 0 Å². The first-order chi connectivity index (χ1) is 13.0. The number of carboxylic acid groups (broad SMARTS) is 1. The van der Waals surface area contributed by atoms with Gasteiger partial charge >= 0.3 is 12.1 Å². The Morgan fingerprint density at radius 1 is 1.00 bits per heavy atom. The van der Waals surface area contributed by atoms with Crippen LogP contribution in [-0.4, -0.2) is 47.4 Å². The van der Waals surface area contributed by atoms with Crippen molar-refractivity contribution >= 4 is 18.0 Å². The number of ether oxygens (including phenoxy) is 1. The molecule has 0 spiro atoms. The summed E-state index contributed by atoms with van der Waals surface area (Å²) in [4.78, 5) is 33.5. The molecule has 0 aliphatic rings. The largest absolute Gasteiger partial charge is 0.481 e. The van der Waals surface area contributed by atoms with Gasteiger partial charge in [-0.1, -0.05) is 43.2 Å². The van der Waals surface area contributed by atoms with Crippen LogP contribution in [0.3, 0.4) is 0 Å². The minimum atomic E-state index is -1.10. The van der Waals surface area contributed by atoms with Crippen molar-refractivity contribution in [3.8, 4) is 0 Å². The highest BCUT2D eigenvalue weighted by molar-refractivity contribution is 5.76. The molecule has 0 aliphatic carbocycles. The first-order valence-corrected chi connectivity index (χ1v) is 9.08. The number of carboxylic acids is 1. The molecule has 8 heteroatoms. The molecule has 0 saturated carbocycles. The molecule has 1 atom stereocenters. The maximum atomic E-state index is 11.6. The standard InChI is InChI=1S/C19H28N2O6/c22-16(12-18(24)25)13-21-17(23)10-6-1-2-7-11-20-19(26)27-14-15-8-4-3-5-9-15/h3-5,8-9,16,22H,1-2,6-7,10-14H2,(H,20,26)(H,21,23)(H,24,25). The molecule has 150 valence electrons. The van der Waals surface area contributed by atoms with E-state index in [-0.39, 0.29) is 25.5 Å². The van der Waals surface area contributed by atoms with Gasteiger partial charge in [0.25, 0.3) is 0 Å². The Labute approximate surface area is 158 Å². The lowest BCUT2D eigenvalue weighted by Crippen LogP contribution is -2.33. The van der Waals surface area contributed by atoms with E-state index < -0.39 is 18.2 Å². The van der Waals surface area contributed by atoms with Crippen LogP contribution in [0.5, 0.6) is 0 Å². The molecule has 0 bridgehead atoms. The molecule has 1 rings (SSSR count). The zero-order valence-corrected chi connectivity index (χ0v) is 15.4. The lowest BCUT2D eigenvalue weighted by atomic mass is 10.1. The van der Waals surface area contributed by atoms with E-state index in [0.29, 0.717) is 19.4 Å². The van der Waals surface area contributed by atoms with Crippen molar-refractivity contribution < 1.29 is 29.3 Å². The van der Waals surface area contributed by atoms with Crippen molar-refractivity contribution in [1.82, 2.24) is 10.6 Å². The fourth-order valence-electron chi connectivity index (χ4n) is 2.32. The minimum Gasteiger partial charge on any atom is -0.481 e. The van der Waals surface area contributed by atoms with Gasteiger partial charge in [-0.2, -0.15) is 0 Å². The van der Waals surface area contributed by atoms with Gasteiger partial charge in [0.1, 0.15) is 6.61 Å². The molecule has 0 aromatic heterocycles. The summed E-state index contributed by atoms with van der Waals surface area (Å²) in [5.74, 6) is -1.31. The summed E-state index contributed by atoms with van der Waals surface area (Å²) in [6.07, 6.45) is 1.61. The average Bonchev–Trinajstić information content (AvgIpc) is 2.64. The normalized spacial score (nSPS) is 11.4. The third-order valence-electron chi connectivity index (χ3n) is 3.76. The van der Waals surface area contributed by atoms with Gasteiger partial charge in [0, 0.05) is 19.5 Å². The minimum absolute atomic E-state index is 0.0554. The Morgan fingerprint density at radius 2 is 1.70 bits per heavy atom. The molecule has 4 N–H and O–H groups in total. The summed E-state index contributed by atoms with van der Waals surface area (Å²) in [6, 6.07) is 9.44. The Kier molecular flexibility index (Phi) is 11.3. The van der Waals surface area contributed by atoms with E-state index >= 15 is 0 Å². The van der Waals surface area contributed by atoms with E-state index in [2.05, 4.69) is 10.6 Å². The van der Waals surface area contributed by atoms with Crippen molar-refractivity contribution in [3.05, 3.63) is 35.9 Å². The first kappa shape index (κ1) is 22.4. The number of carbonyl (C=O) groups is 3. The Hall–Kier alpha value is -2.61. The molecule has 1 aromatic rings. The van der Waals surface area contributed by atoms with E-state index in [0.717, 1.165) is 24.8 Å². The van der Waals surface area contributed by atoms with Gasteiger partial charge in [0.05, 0.1) is 12.5 Å². The zero-order valence-electron chi connectivity index (χ0n) is 15.4. The van der Waals surface area contributed by atoms with Crippen LogP contribution in [0.15, 0.2) is 30.3 Å². The Morgan fingerprint density at radius 3 is 2.41 bits per heavy atom. The van der Waals surface area contributed by atoms with Gasteiger partial charge in [0.2, 0.25) is 5.91 Å². The second kappa shape index (κ2) is 13.6. The number of hydrogen-bond acceptors (Lipinski definition) is 5. The number of aliphatic hydroxyl groups excluding tert-OH is 1. The van der Waals surface area contributed by atoms with Crippen molar-refractivity contribution in [1.29, 1.82) is 0 Å². The quantitative estimate of drug-likeness (QED) is 0.387.